The molecule has 0 aromatic heterocycles. The van der Waals surface area contributed by atoms with Crippen LogP contribution in [-0.2, 0) is 9.59 Å². The molecule has 0 unspecified atom stereocenters. The van der Waals surface area contributed by atoms with E-state index in [1.807, 2.05) is 0 Å². The number of likely N-dealkylation sites (tertiary alicyclic amines) is 2. The Labute approximate surface area is 111 Å². The molecule has 0 aliphatic carbocycles. The highest BCUT2D eigenvalue weighted by Crippen LogP contribution is 2.16. The number of rotatable bonds is 4. The highest BCUT2D eigenvalue weighted by Gasteiger charge is 2.27. The molecule has 6 heteroatoms. The maximum atomic E-state index is 11.5. The Hall–Kier alpha value is -0.880. The lowest BCUT2D eigenvalue weighted by Crippen LogP contribution is -2.34. The molecule has 0 saturated carbocycles. The fourth-order valence-corrected chi connectivity index (χ4v) is 2.72. The summed E-state index contributed by atoms with van der Waals surface area (Å²) in [7, 11) is 0. The highest BCUT2D eigenvalue weighted by atomic mass is 32.1. The molecule has 0 N–H and O–H groups in total. The summed E-state index contributed by atoms with van der Waals surface area (Å²) in [6, 6.07) is 0. The van der Waals surface area contributed by atoms with E-state index in [9.17, 15) is 9.59 Å². The lowest BCUT2D eigenvalue weighted by molar-refractivity contribution is -0.125. The third-order valence-corrected chi connectivity index (χ3v) is 3.92. The van der Waals surface area contributed by atoms with Crippen LogP contribution < -0.4 is 0 Å². The van der Waals surface area contributed by atoms with Crippen LogP contribution in [0.2, 0.25) is 0 Å². The first-order chi connectivity index (χ1) is 8.09. The van der Waals surface area contributed by atoms with E-state index in [-0.39, 0.29) is 11.8 Å². The van der Waals surface area contributed by atoms with Gasteiger partial charge in [-0.05, 0) is 6.42 Å². The minimum Gasteiger partial charge on any atom is -0.306 e. The maximum Gasteiger partial charge on any atom is 0.227 e. The molecule has 2 amide bonds. The summed E-state index contributed by atoms with van der Waals surface area (Å²) in [5.74, 6) is 0.204. The predicted molar refractivity (Wildman–Crippen MR) is 71.7 cm³/mol. The number of thiocarbonyl (C=S) groups is 2. The second-order valence-electron chi connectivity index (χ2n) is 4.23. The number of amides is 2. The molecule has 0 aromatic rings. The topological polar surface area (TPSA) is 40.6 Å². The predicted octanol–water partition coefficient (Wildman–Crippen LogP) is 1.28. The SMILES string of the molecule is O=C1CCC(=S)N1CCCN1C(=O)CCC1=S. The van der Waals surface area contributed by atoms with Crippen LogP contribution in [0.5, 0.6) is 0 Å². The van der Waals surface area contributed by atoms with Gasteiger partial charge >= 0.3 is 0 Å². The van der Waals surface area contributed by atoms with Crippen LogP contribution in [0.3, 0.4) is 0 Å². The monoisotopic (exact) mass is 270 g/mol. The van der Waals surface area contributed by atoms with Crippen LogP contribution >= 0.6 is 24.4 Å². The summed E-state index contributed by atoms with van der Waals surface area (Å²) in [6.07, 6.45) is 3.17. The zero-order valence-electron chi connectivity index (χ0n) is 9.48. The molecule has 2 saturated heterocycles. The van der Waals surface area contributed by atoms with Crippen molar-refractivity contribution >= 4 is 46.2 Å². The lowest BCUT2D eigenvalue weighted by Gasteiger charge is -2.19. The second-order valence-corrected chi connectivity index (χ2v) is 5.17. The number of carbonyl (C=O) groups excluding carboxylic acids is 2. The average Bonchev–Trinajstić information content (AvgIpc) is 2.77. The summed E-state index contributed by atoms with van der Waals surface area (Å²) in [5, 5.41) is 0. The van der Waals surface area contributed by atoms with Crippen molar-refractivity contribution < 1.29 is 9.59 Å². The first kappa shape index (κ1) is 12.6. The van der Waals surface area contributed by atoms with Gasteiger partial charge in [-0.15, -0.1) is 0 Å². The zero-order chi connectivity index (χ0) is 12.4. The van der Waals surface area contributed by atoms with Gasteiger partial charge in [0.2, 0.25) is 11.8 Å². The molecule has 0 spiro atoms. The van der Waals surface area contributed by atoms with E-state index in [0.29, 0.717) is 38.8 Å². The van der Waals surface area contributed by atoms with Gasteiger partial charge in [-0.1, -0.05) is 24.4 Å². The molecule has 92 valence electrons. The van der Waals surface area contributed by atoms with Gasteiger partial charge in [0.25, 0.3) is 0 Å². The molecule has 17 heavy (non-hydrogen) atoms. The van der Waals surface area contributed by atoms with Crippen molar-refractivity contribution in [1.82, 2.24) is 9.80 Å². The zero-order valence-corrected chi connectivity index (χ0v) is 11.1. The molecule has 2 heterocycles. The van der Waals surface area contributed by atoms with Crippen LogP contribution in [0.4, 0.5) is 0 Å². The van der Waals surface area contributed by atoms with Crippen molar-refractivity contribution in [2.24, 2.45) is 0 Å². The van der Waals surface area contributed by atoms with Crippen molar-refractivity contribution in [2.45, 2.75) is 32.1 Å². The number of hydrogen-bond donors (Lipinski definition) is 0. The fourth-order valence-electron chi connectivity index (χ4n) is 2.13. The summed E-state index contributed by atoms with van der Waals surface area (Å²) < 4.78 is 0. The Bertz CT molecular complexity index is 327. The number of carbonyl (C=O) groups is 2. The average molecular weight is 270 g/mol. The van der Waals surface area contributed by atoms with Gasteiger partial charge in [-0.2, -0.15) is 0 Å². The summed E-state index contributed by atoms with van der Waals surface area (Å²) >= 11 is 10.2. The fraction of sp³-hybridized carbons (Fsp3) is 0.636. The molecule has 0 aromatic carbocycles. The van der Waals surface area contributed by atoms with Crippen molar-refractivity contribution in [2.75, 3.05) is 13.1 Å². The summed E-state index contributed by atoms with van der Waals surface area (Å²) in [6.45, 7) is 1.20. The van der Waals surface area contributed by atoms with E-state index >= 15 is 0 Å². The molecule has 2 fully saturated rings. The van der Waals surface area contributed by atoms with Gasteiger partial charge in [0.05, 0.1) is 9.98 Å². The third-order valence-electron chi connectivity index (χ3n) is 3.07. The molecule has 2 aliphatic rings. The molecule has 2 aliphatic heterocycles. The summed E-state index contributed by atoms with van der Waals surface area (Å²) in [4.78, 5) is 27.7. The first-order valence-electron chi connectivity index (χ1n) is 5.76. The minimum atomic E-state index is 0.102. The van der Waals surface area contributed by atoms with E-state index in [2.05, 4.69) is 0 Å². The van der Waals surface area contributed by atoms with Gasteiger partial charge in [0, 0.05) is 38.8 Å². The van der Waals surface area contributed by atoms with Gasteiger partial charge < -0.3 is 9.80 Å². The standard InChI is InChI=1S/C11H14N2O2S2/c14-8-2-4-10(16)12(8)6-1-7-13-9(15)3-5-11(13)17/h1-7H2. The Morgan fingerprint density at radius 2 is 1.24 bits per heavy atom. The molecule has 4 nitrogen and oxygen atoms in total. The van der Waals surface area contributed by atoms with Gasteiger partial charge in [0.1, 0.15) is 0 Å². The van der Waals surface area contributed by atoms with Crippen LogP contribution in [0.25, 0.3) is 0 Å². The normalized spacial score (nSPS) is 20.9. The van der Waals surface area contributed by atoms with Crippen LogP contribution in [-0.4, -0.2) is 44.7 Å². The van der Waals surface area contributed by atoms with Crippen LogP contribution in [0, 0.1) is 0 Å². The third kappa shape index (κ3) is 2.69. The maximum absolute atomic E-state index is 11.5. The van der Waals surface area contributed by atoms with Crippen molar-refractivity contribution in [3.63, 3.8) is 0 Å². The number of nitrogens with zero attached hydrogens (tertiary/aromatic N) is 2. The highest BCUT2D eigenvalue weighted by molar-refractivity contribution is 7.80. The largest absolute Gasteiger partial charge is 0.306 e. The van der Waals surface area contributed by atoms with Gasteiger partial charge in [0.15, 0.2) is 0 Å². The smallest absolute Gasteiger partial charge is 0.227 e. The van der Waals surface area contributed by atoms with Crippen LogP contribution in [0.1, 0.15) is 32.1 Å². The van der Waals surface area contributed by atoms with E-state index in [0.717, 1.165) is 16.4 Å². The van der Waals surface area contributed by atoms with E-state index < -0.39 is 0 Å². The van der Waals surface area contributed by atoms with Crippen LogP contribution in [0.15, 0.2) is 0 Å². The first-order valence-corrected chi connectivity index (χ1v) is 6.57. The molecular weight excluding hydrogens is 256 g/mol. The quantitative estimate of drug-likeness (QED) is 0.722. The Morgan fingerprint density at radius 3 is 1.53 bits per heavy atom. The second kappa shape index (κ2) is 5.18. The Balaban J connectivity index is 1.79. The lowest BCUT2D eigenvalue weighted by atomic mass is 10.3. The van der Waals surface area contributed by atoms with E-state index in [1.54, 1.807) is 9.80 Å². The Morgan fingerprint density at radius 1 is 0.824 bits per heavy atom. The van der Waals surface area contributed by atoms with Gasteiger partial charge in [-0.25, -0.2) is 0 Å². The van der Waals surface area contributed by atoms with E-state index in [4.69, 9.17) is 24.4 Å². The summed E-state index contributed by atoms with van der Waals surface area (Å²) in [5.41, 5.74) is 0. The van der Waals surface area contributed by atoms with Crippen molar-refractivity contribution in [1.29, 1.82) is 0 Å². The molecule has 2 rings (SSSR count). The Kier molecular flexibility index (Phi) is 3.83. The molecule has 0 bridgehead atoms. The van der Waals surface area contributed by atoms with Gasteiger partial charge in [-0.3, -0.25) is 9.59 Å². The molecular formula is C11H14N2O2S2. The van der Waals surface area contributed by atoms with Crippen molar-refractivity contribution in [3.05, 3.63) is 0 Å². The molecule has 0 atom stereocenters. The number of hydrogen-bond acceptors (Lipinski definition) is 4. The van der Waals surface area contributed by atoms with E-state index in [1.165, 1.54) is 0 Å². The van der Waals surface area contributed by atoms with Crippen molar-refractivity contribution in [3.8, 4) is 0 Å². The molecule has 0 radical (unpaired) electrons. The minimum absolute atomic E-state index is 0.102.